The zero-order chi connectivity index (χ0) is 13.1. The lowest BCUT2D eigenvalue weighted by Gasteiger charge is -2.21. The van der Waals surface area contributed by atoms with Gasteiger partial charge in [-0.3, -0.25) is 4.98 Å². The van der Waals surface area contributed by atoms with Crippen LogP contribution in [-0.2, 0) is 0 Å². The van der Waals surface area contributed by atoms with Crippen molar-refractivity contribution in [1.29, 1.82) is 0 Å². The van der Waals surface area contributed by atoms with E-state index in [4.69, 9.17) is 5.11 Å². The van der Waals surface area contributed by atoms with E-state index in [-0.39, 0.29) is 17.8 Å². The van der Waals surface area contributed by atoms with E-state index in [1.54, 1.807) is 0 Å². The summed E-state index contributed by atoms with van der Waals surface area (Å²) in [6.45, 7) is -0.310. The van der Waals surface area contributed by atoms with Gasteiger partial charge in [-0.1, -0.05) is 0 Å². The minimum atomic E-state index is -4.26. The second-order valence-corrected chi connectivity index (χ2v) is 3.48. The Bertz CT molecular complexity index is 407. The Kier molecular flexibility index (Phi) is 3.93. The number of halogens is 3. The fourth-order valence-electron chi connectivity index (χ4n) is 1.29. The van der Waals surface area contributed by atoms with Crippen LogP contribution in [0.4, 0.5) is 18.9 Å². The topological polar surface area (TPSA) is 53.4 Å². The van der Waals surface area contributed by atoms with Crippen LogP contribution in [0.2, 0.25) is 0 Å². The first-order valence-electron chi connectivity index (χ1n) is 4.76. The van der Waals surface area contributed by atoms with Crippen molar-refractivity contribution in [3.63, 3.8) is 0 Å². The maximum Gasteiger partial charge on any atom is 0.390 e. The molecule has 0 aliphatic heterocycles. The summed E-state index contributed by atoms with van der Waals surface area (Å²) in [5.74, 6) is -1.19. The highest BCUT2D eigenvalue weighted by Gasteiger charge is 2.27. The van der Waals surface area contributed by atoms with Gasteiger partial charge in [-0.2, -0.15) is 13.2 Å². The van der Waals surface area contributed by atoms with Crippen molar-refractivity contribution in [3.8, 4) is 0 Å². The summed E-state index contributed by atoms with van der Waals surface area (Å²) in [5, 5.41) is 8.87. The number of carboxylic acid groups (broad SMARTS) is 1. The van der Waals surface area contributed by atoms with Gasteiger partial charge in [0.25, 0.3) is 0 Å². The number of hydrogen-bond acceptors (Lipinski definition) is 3. The Morgan fingerprint density at radius 3 is 2.71 bits per heavy atom. The van der Waals surface area contributed by atoms with Crippen molar-refractivity contribution in [2.24, 2.45) is 0 Å². The lowest BCUT2D eigenvalue weighted by atomic mass is 10.2. The third-order valence-corrected chi connectivity index (χ3v) is 2.17. The number of rotatable bonds is 4. The van der Waals surface area contributed by atoms with E-state index in [1.165, 1.54) is 30.4 Å². The lowest BCUT2D eigenvalue weighted by molar-refractivity contribution is -0.132. The molecule has 1 rings (SSSR count). The number of nitrogens with zero attached hydrogens (tertiary/aromatic N) is 2. The van der Waals surface area contributed by atoms with Crippen LogP contribution in [0.3, 0.4) is 0 Å². The Morgan fingerprint density at radius 1 is 1.53 bits per heavy atom. The fourth-order valence-corrected chi connectivity index (χ4v) is 1.29. The van der Waals surface area contributed by atoms with E-state index in [2.05, 4.69) is 4.98 Å². The summed E-state index contributed by atoms with van der Waals surface area (Å²) in [6.07, 6.45) is -2.75. The number of aromatic carboxylic acids is 1. The van der Waals surface area contributed by atoms with E-state index in [0.717, 1.165) is 0 Å². The van der Waals surface area contributed by atoms with Crippen LogP contribution in [0, 0.1) is 0 Å². The predicted molar refractivity (Wildman–Crippen MR) is 55.1 cm³/mol. The van der Waals surface area contributed by atoms with E-state index >= 15 is 0 Å². The summed E-state index contributed by atoms with van der Waals surface area (Å²) in [6, 6.07) is 1.25. The van der Waals surface area contributed by atoms with Gasteiger partial charge in [0.05, 0.1) is 23.9 Å². The van der Waals surface area contributed by atoms with Gasteiger partial charge in [-0.25, -0.2) is 4.79 Å². The molecule has 94 valence electrons. The molecule has 0 aromatic carbocycles. The number of alkyl halides is 3. The highest BCUT2D eigenvalue weighted by molar-refractivity contribution is 5.94. The van der Waals surface area contributed by atoms with Gasteiger partial charge in [0.15, 0.2) is 0 Å². The molecule has 0 saturated carbocycles. The standard InChI is InChI=1S/C10H11F3N2O2/c1-15(5-3-10(11,12)13)8-6-14-4-2-7(8)9(16)17/h2,4,6H,3,5H2,1H3,(H,16,17). The van der Waals surface area contributed by atoms with E-state index in [1.807, 2.05) is 0 Å². The van der Waals surface area contributed by atoms with Crippen LogP contribution in [0.1, 0.15) is 16.8 Å². The Balaban J connectivity index is 2.82. The van der Waals surface area contributed by atoms with Gasteiger partial charge < -0.3 is 10.0 Å². The molecule has 0 radical (unpaired) electrons. The summed E-state index contributed by atoms with van der Waals surface area (Å²) < 4.78 is 36.1. The molecule has 1 aromatic heterocycles. The zero-order valence-corrected chi connectivity index (χ0v) is 9.03. The van der Waals surface area contributed by atoms with E-state index < -0.39 is 18.6 Å². The average molecular weight is 248 g/mol. The van der Waals surface area contributed by atoms with Crippen LogP contribution >= 0.6 is 0 Å². The molecule has 1 N–H and O–H groups in total. The van der Waals surface area contributed by atoms with E-state index in [9.17, 15) is 18.0 Å². The molecule has 1 aromatic rings. The molecule has 0 bridgehead atoms. The number of carbonyl (C=O) groups is 1. The molecular formula is C10H11F3N2O2. The summed E-state index contributed by atoms with van der Waals surface area (Å²) >= 11 is 0. The molecule has 0 saturated heterocycles. The number of aromatic nitrogens is 1. The quantitative estimate of drug-likeness (QED) is 0.887. The molecule has 7 heteroatoms. The van der Waals surface area contributed by atoms with E-state index in [0.29, 0.717) is 0 Å². The predicted octanol–water partition coefficient (Wildman–Crippen LogP) is 2.17. The van der Waals surface area contributed by atoms with Crippen molar-refractivity contribution in [2.45, 2.75) is 12.6 Å². The molecular weight excluding hydrogens is 237 g/mol. The van der Waals surface area contributed by atoms with Gasteiger partial charge in [0.2, 0.25) is 0 Å². The Morgan fingerprint density at radius 2 is 2.18 bits per heavy atom. The van der Waals surface area contributed by atoms with Gasteiger partial charge >= 0.3 is 12.1 Å². The van der Waals surface area contributed by atoms with Gasteiger partial charge in [0.1, 0.15) is 0 Å². The average Bonchev–Trinajstić information content (AvgIpc) is 2.25. The molecule has 17 heavy (non-hydrogen) atoms. The molecule has 0 aliphatic carbocycles. The number of hydrogen-bond donors (Lipinski definition) is 1. The largest absolute Gasteiger partial charge is 0.478 e. The minimum Gasteiger partial charge on any atom is -0.478 e. The normalized spacial score (nSPS) is 11.3. The van der Waals surface area contributed by atoms with Crippen molar-refractivity contribution in [2.75, 3.05) is 18.5 Å². The first kappa shape index (κ1) is 13.3. The maximum atomic E-state index is 12.0. The fraction of sp³-hybridized carbons (Fsp3) is 0.400. The highest BCUT2D eigenvalue weighted by atomic mass is 19.4. The Hall–Kier alpha value is -1.79. The van der Waals surface area contributed by atoms with Crippen molar-refractivity contribution in [3.05, 3.63) is 24.0 Å². The summed E-state index contributed by atoms with van der Waals surface area (Å²) in [7, 11) is 1.40. The third kappa shape index (κ3) is 3.93. The van der Waals surface area contributed by atoms with Crippen molar-refractivity contribution < 1.29 is 23.1 Å². The molecule has 4 nitrogen and oxygen atoms in total. The Labute approximate surface area is 95.7 Å². The molecule has 0 amide bonds. The lowest BCUT2D eigenvalue weighted by Crippen LogP contribution is -2.25. The van der Waals surface area contributed by atoms with Gasteiger partial charge in [0, 0.05) is 19.8 Å². The van der Waals surface area contributed by atoms with Crippen LogP contribution in [0.15, 0.2) is 18.5 Å². The van der Waals surface area contributed by atoms with Crippen LogP contribution in [0.5, 0.6) is 0 Å². The molecule has 0 fully saturated rings. The summed E-state index contributed by atoms with van der Waals surface area (Å²) in [5.41, 5.74) is 0.105. The smallest absolute Gasteiger partial charge is 0.390 e. The van der Waals surface area contributed by atoms with Crippen LogP contribution in [-0.4, -0.2) is 35.8 Å². The molecule has 0 spiro atoms. The molecule has 0 atom stereocenters. The number of anilines is 1. The number of pyridine rings is 1. The monoisotopic (exact) mass is 248 g/mol. The van der Waals surface area contributed by atoms with Gasteiger partial charge in [-0.05, 0) is 6.07 Å². The second-order valence-electron chi connectivity index (χ2n) is 3.48. The molecule has 1 heterocycles. The number of carboxylic acids is 1. The SMILES string of the molecule is CN(CCC(F)(F)F)c1cnccc1C(=O)O. The molecule has 0 unspecified atom stereocenters. The van der Waals surface area contributed by atoms with Crippen LogP contribution < -0.4 is 4.90 Å². The second kappa shape index (κ2) is 5.03. The van der Waals surface area contributed by atoms with Crippen LogP contribution in [0.25, 0.3) is 0 Å². The minimum absolute atomic E-state index is 0.0651. The molecule has 0 aliphatic rings. The first-order valence-corrected chi connectivity index (χ1v) is 4.76. The van der Waals surface area contributed by atoms with Crippen molar-refractivity contribution in [1.82, 2.24) is 4.98 Å². The first-order chi connectivity index (χ1) is 7.81. The highest BCUT2D eigenvalue weighted by Crippen LogP contribution is 2.23. The third-order valence-electron chi connectivity index (χ3n) is 2.17. The zero-order valence-electron chi connectivity index (χ0n) is 9.03. The van der Waals surface area contributed by atoms with Crippen molar-refractivity contribution >= 4 is 11.7 Å². The van der Waals surface area contributed by atoms with Gasteiger partial charge in [-0.15, -0.1) is 0 Å². The maximum absolute atomic E-state index is 12.0. The summed E-state index contributed by atoms with van der Waals surface area (Å²) in [4.78, 5) is 15.8.